The minimum absolute atomic E-state index is 0.0325. The van der Waals surface area contributed by atoms with Crippen LogP contribution in [0.2, 0.25) is 5.02 Å². The average molecular weight is 384 g/mol. The van der Waals surface area contributed by atoms with Crippen molar-refractivity contribution in [2.45, 2.75) is 26.7 Å². The molecule has 0 bridgehead atoms. The number of methoxy groups -OCH3 is 1. The molecular weight excluding hydrogens is 362 g/mol. The standard InChI is InChI=1S/C21H22ClN3O2/c1-4-14-7-6-8-15(5-2)20(14)25-21(26)16(12-23)13-24-17-9-10-19(27-3)18(22)11-17/h6-11,13,24H,4-5H2,1-3H3,(H,25,26)/b16-13-. The molecule has 0 heterocycles. The Bertz CT molecular complexity index is 879. The van der Waals surface area contributed by atoms with Crippen LogP contribution in [0.4, 0.5) is 11.4 Å². The van der Waals surface area contributed by atoms with Crippen LogP contribution in [-0.2, 0) is 17.6 Å². The molecular formula is C21H22ClN3O2. The third-order valence-electron chi connectivity index (χ3n) is 4.14. The maximum absolute atomic E-state index is 12.6. The Balaban J connectivity index is 2.20. The van der Waals surface area contributed by atoms with Crippen molar-refractivity contribution in [3.8, 4) is 11.8 Å². The summed E-state index contributed by atoms with van der Waals surface area (Å²) in [7, 11) is 1.53. The van der Waals surface area contributed by atoms with Gasteiger partial charge in [0.25, 0.3) is 5.91 Å². The third kappa shape index (κ3) is 5.02. The normalized spacial score (nSPS) is 10.9. The zero-order valence-electron chi connectivity index (χ0n) is 15.6. The van der Waals surface area contributed by atoms with Crippen molar-refractivity contribution >= 4 is 28.9 Å². The average Bonchev–Trinajstić information content (AvgIpc) is 2.68. The SMILES string of the molecule is CCc1cccc(CC)c1NC(=O)/C(C#N)=C\Nc1ccc(OC)c(Cl)c1. The molecule has 27 heavy (non-hydrogen) atoms. The fourth-order valence-corrected chi connectivity index (χ4v) is 2.90. The van der Waals surface area contributed by atoms with Gasteiger partial charge in [-0.1, -0.05) is 43.6 Å². The predicted octanol–water partition coefficient (Wildman–Crippen LogP) is 4.93. The van der Waals surface area contributed by atoms with Gasteiger partial charge in [-0.05, 0) is 42.2 Å². The van der Waals surface area contributed by atoms with Crippen LogP contribution in [0.25, 0.3) is 0 Å². The molecule has 0 aliphatic heterocycles. The van der Waals surface area contributed by atoms with Crippen molar-refractivity contribution in [1.29, 1.82) is 5.26 Å². The molecule has 0 saturated heterocycles. The molecule has 2 N–H and O–H groups in total. The molecule has 0 unspecified atom stereocenters. The van der Waals surface area contributed by atoms with Crippen LogP contribution in [0.3, 0.4) is 0 Å². The summed E-state index contributed by atoms with van der Waals surface area (Å²) in [5.41, 5.74) is 3.46. The molecule has 0 fully saturated rings. The number of hydrogen-bond donors (Lipinski definition) is 2. The summed E-state index contributed by atoms with van der Waals surface area (Å²) >= 11 is 6.09. The van der Waals surface area contributed by atoms with Gasteiger partial charge in [-0.3, -0.25) is 4.79 Å². The largest absolute Gasteiger partial charge is 0.495 e. The smallest absolute Gasteiger partial charge is 0.267 e. The lowest BCUT2D eigenvalue weighted by Crippen LogP contribution is -2.17. The zero-order chi connectivity index (χ0) is 19.8. The molecule has 6 heteroatoms. The van der Waals surface area contributed by atoms with E-state index in [0.29, 0.717) is 16.5 Å². The summed E-state index contributed by atoms with van der Waals surface area (Å²) in [4.78, 5) is 12.6. The zero-order valence-corrected chi connectivity index (χ0v) is 16.4. The van der Waals surface area contributed by atoms with Gasteiger partial charge in [0.15, 0.2) is 0 Å². The number of amides is 1. The van der Waals surface area contributed by atoms with E-state index in [1.165, 1.54) is 13.3 Å². The van der Waals surface area contributed by atoms with Crippen molar-refractivity contribution in [1.82, 2.24) is 0 Å². The van der Waals surface area contributed by atoms with E-state index < -0.39 is 5.91 Å². The first-order valence-corrected chi connectivity index (χ1v) is 9.04. The lowest BCUT2D eigenvalue weighted by Gasteiger charge is -2.14. The van der Waals surface area contributed by atoms with Gasteiger partial charge < -0.3 is 15.4 Å². The first-order chi connectivity index (χ1) is 13.0. The number of hydrogen-bond acceptors (Lipinski definition) is 4. The van der Waals surface area contributed by atoms with Crippen molar-refractivity contribution in [3.05, 3.63) is 64.3 Å². The first kappa shape index (κ1) is 20.3. The quantitative estimate of drug-likeness (QED) is 0.525. The predicted molar refractivity (Wildman–Crippen MR) is 109 cm³/mol. The van der Waals surface area contributed by atoms with Gasteiger partial charge >= 0.3 is 0 Å². The Labute approximate surface area is 164 Å². The van der Waals surface area contributed by atoms with Crippen molar-refractivity contribution < 1.29 is 9.53 Å². The van der Waals surface area contributed by atoms with E-state index in [1.54, 1.807) is 18.2 Å². The number of halogens is 1. The number of para-hydroxylation sites is 1. The molecule has 2 aromatic carbocycles. The summed E-state index contributed by atoms with van der Waals surface area (Å²) in [6, 6.07) is 13.0. The highest BCUT2D eigenvalue weighted by Gasteiger charge is 2.14. The summed E-state index contributed by atoms with van der Waals surface area (Å²) in [6.07, 6.45) is 2.95. The molecule has 1 amide bonds. The van der Waals surface area contributed by atoms with Crippen LogP contribution < -0.4 is 15.4 Å². The number of benzene rings is 2. The van der Waals surface area contributed by atoms with Gasteiger partial charge in [0.1, 0.15) is 17.4 Å². The lowest BCUT2D eigenvalue weighted by atomic mass is 10.0. The van der Waals surface area contributed by atoms with E-state index >= 15 is 0 Å². The molecule has 0 aliphatic rings. The lowest BCUT2D eigenvalue weighted by molar-refractivity contribution is -0.112. The van der Waals surface area contributed by atoms with E-state index in [1.807, 2.05) is 38.1 Å². The van der Waals surface area contributed by atoms with E-state index in [4.69, 9.17) is 16.3 Å². The molecule has 2 aromatic rings. The number of nitriles is 1. The number of anilines is 2. The number of nitrogens with one attached hydrogen (secondary N) is 2. The fourth-order valence-electron chi connectivity index (χ4n) is 2.64. The van der Waals surface area contributed by atoms with Gasteiger partial charge in [0.2, 0.25) is 0 Å². The van der Waals surface area contributed by atoms with E-state index in [9.17, 15) is 10.1 Å². The second-order valence-electron chi connectivity index (χ2n) is 5.78. The number of nitrogens with zero attached hydrogens (tertiary/aromatic N) is 1. The van der Waals surface area contributed by atoms with E-state index in [-0.39, 0.29) is 5.57 Å². The highest BCUT2D eigenvalue weighted by molar-refractivity contribution is 6.32. The van der Waals surface area contributed by atoms with Crippen molar-refractivity contribution in [3.63, 3.8) is 0 Å². The third-order valence-corrected chi connectivity index (χ3v) is 4.43. The number of ether oxygens (including phenoxy) is 1. The van der Waals surface area contributed by atoms with Gasteiger partial charge in [0.05, 0.1) is 12.1 Å². The van der Waals surface area contributed by atoms with Gasteiger partial charge in [0, 0.05) is 17.6 Å². The molecule has 5 nitrogen and oxygen atoms in total. The molecule has 2 rings (SSSR count). The fraction of sp³-hybridized carbons (Fsp3) is 0.238. The Morgan fingerprint density at radius 3 is 2.41 bits per heavy atom. The number of carbonyl (C=O) groups excluding carboxylic acids is 1. The second kappa shape index (κ2) is 9.65. The maximum Gasteiger partial charge on any atom is 0.267 e. The Kier molecular flexibility index (Phi) is 7.27. The molecule has 0 spiro atoms. The Hall–Kier alpha value is -2.97. The minimum atomic E-state index is -0.458. The summed E-state index contributed by atoms with van der Waals surface area (Å²) in [5, 5.41) is 15.6. The number of carbonyl (C=O) groups is 1. The van der Waals surface area contributed by atoms with Crippen molar-refractivity contribution in [2.24, 2.45) is 0 Å². The number of aryl methyl sites for hydroxylation is 2. The first-order valence-electron chi connectivity index (χ1n) is 8.66. The van der Waals surface area contributed by atoms with Crippen molar-refractivity contribution in [2.75, 3.05) is 17.7 Å². The second-order valence-corrected chi connectivity index (χ2v) is 6.18. The highest BCUT2D eigenvalue weighted by atomic mass is 35.5. The van der Waals surface area contributed by atoms with Crippen LogP contribution in [0, 0.1) is 11.3 Å². The molecule has 0 aromatic heterocycles. The van der Waals surface area contributed by atoms with E-state index in [0.717, 1.165) is 29.7 Å². The van der Waals surface area contributed by atoms with Crippen LogP contribution in [0.5, 0.6) is 5.75 Å². The molecule has 0 radical (unpaired) electrons. The molecule has 140 valence electrons. The summed E-state index contributed by atoms with van der Waals surface area (Å²) in [6.45, 7) is 4.06. The van der Waals surface area contributed by atoms with E-state index in [2.05, 4.69) is 10.6 Å². The van der Waals surface area contributed by atoms with Crippen LogP contribution in [-0.4, -0.2) is 13.0 Å². The number of rotatable bonds is 7. The van der Waals surface area contributed by atoms with Gasteiger partial charge in [-0.25, -0.2) is 0 Å². The van der Waals surface area contributed by atoms with Crippen LogP contribution >= 0.6 is 11.6 Å². The summed E-state index contributed by atoms with van der Waals surface area (Å²) in [5.74, 6) is 0.0907. The van der Waals surface area contributed by atoms with Gasteiger partial charge in [-0.15, -0.1) is 0 Å². The molecule has 0 atom stereocenters. The molecule has 0 aliphatic carbocycles. The molecule has 0 saturated carbocycles. The van der Waals surface area contributed by atoms with Crippen LogP contribution in [0.1, 0.15) is 25.0 Å². The maximum atomic E-state index is 12.6. The monoisotopic (exact) mass is 383 g/mol. The summed E-state index contributed by atoms with van der Waals surface area (Å²) < 4.78 is 5.10. The van der Waals surface area contributed by atoms with Crippen LogP contribution in [0.15, 0.2) is 48.2 Å². The Morgan fingerprint density at radius 1 is 1.22 bits per heavy atom. The topological polar surface area (TPSA) is 74.2 Å². The Morgan fingerprint density at radius 2 is 1.89 bits per heavy atom. The van der Waals surface area contributed by atoms with Gasteiger partial charge in [-0.2, -0.15) is 5.26 Å². The minimum Gasteiger partial charge on any atom is -0.495 e. The highest BCUT2D eigenvalue weighted by Crippen LogP contribution is 2.27.